The van der Waals surface area contributed by atoms with Crippen LogP contribution in [0.5, 0.6) is 0 Å². The second-order valence-corrected chi connectivity index (χ2v) is 5.46. The molecule has 110 valence electrons. The monoisotopic (exact) mass is 290 g/mol. The molecule has 0 fully saturated rings. The predicted octanol–water partition coefficient (Wildman–Crippen LogP) is 3.96. The van der Waals surface area contributed by atoms with E-state index in [2.05, 4.69) is 44.2 Å². The minimum Gasteiger partial charge on any atom is -0.364 e. The summed E-state index contributed by atoms with van der Waals surface area (Å²) in [4.78, 5) is 13.5. The molecule has 4 heterocycles. The van der Waals surface area contributed by atoms with E-state index < -0.39 is 0 Å². The molecule has 4 heteroatoms. The maximum atomic E-state index is 3.38. The largest absolute Gasteiger partial charge is 0.364 e. The Balaban J connectivity index is 1.88. The Bertz CT molecular complexity index is 639. The zero-order valence-electron chi connectivity index (χ0n) is 12.1. The van der Waals surface area contributed by atoms with Crippen molar-refractivity contribution in [3.05, 3.63) is 96.1 Å². The zero-order chi connectivity index (χ0) is 14.8. The molecular formula is C18H18N4. The normalized spacial score (nSPS) is 11.5. The maximum Gasteiger partial charge on any atom is 0.0529 e. The Hall–Kier alpha value is -2.88. The van der Waals surface area contributed by atoms with Crippen LogP contribution in [0, 0.1) is 0 Å². The molecule has 0 saturated heterocycles. The number of hydrogen-bond acceptors (Lipinski definition) is 0. The summed E-state index contributed by atoms with van der Waals surface area (Å²) in [5.74, 6) is 0.365. The van der Waals surface area contributed by atoms with Crippen molar-refractivity contribution in [1.29, 1.82) is 0 Å². The molecule has 0 aliphatic carbocycles. The van der Waals surface area contributed by atoms with Gasteiger partial charge in [0.2, 0.25) is 0 Å². The SMILES string of the molecule is c1c[nH]c(C(c2ccc[nH]2)C(c2ccc[nH]2)c2ccc[nH]2)c1. The van der Waals surface area contributed by atoms with Gasteiger partial charge in [-0.3, -0.25) is 0 Å². The second kappa shape index (κ2) is 5.48. The highest BCUT2D eigenvalue weighted by Gasteiger charge is 2.30. The first kappa shape index (κ1) is 12.8. The minimum atomic E-state index is 0.183. The highest BCUT2D eigenvalue weighted by atomic mass is 14.8. The molecule has 4 aromatic rings. The standard InChI is InChI=1S/C18H18N4/c1-5-13(19-9-1)17(14-6-2-10-20-14)18(15-7-3-11-21-15)16-8-4-12-22-16/h1-12,17-22H. The van der Waals surface area contributed by atoms with E-state index in [4.69, 9.17) is 0 Å². The van der Waals surface area contributed by atoms with E-state index in [0.29, 0.717) is 0 Å². The number of rotatable bonds is 5. The van der Waals surface area contributed by atoms with Crippen LogP contribution in [0.25, 0.3) is 0 Å². The van der Waals surface area contributed by atoms with E-state index in [9.17, 15) is 0 Å². The van der Waals surface area contributed by atoms with Crippen LogP contribution >= 0.6 is 0 Å². The molecule has 0 aliphatic heterocycles. The molecule has 4 nitrogen and oxygen atoms in total. The van der Waals surface area contributed by atoms with Crippen molar-refractivity contribution in [2.45, 2.75) is 11.8 Å². The average Bonchev–Trinajstić information content (AvgIpc) is 3.35. The summed E-state index contributed by atoms with van der Waals surface area (Å²) in [5, 5.41) is 0. The first-order chi connectivity index (χ1) is 10.9. The predicted molar refractivity (Wildman–Crippen MR) is 86.9 cm³/mol. The summed E-state index contributed by atoms with van der Waals surface area (Å²) in [6.45, 7) is 0. The van der Waals surface area contributed by atoms with E-state index in [1.807, 2.05) is 49.1 Å². The zero-order valence-corrected chi connectivity index (χ0v) is 12.1. The van der Waals surface area contributed by atoms with Gasteiger partial charge in [0.15, 0.2) is 0 Å². The van der Waals surface area contributed by atoms with Crippen LogP contribution in [0.3, 0.4) is 0 Å². The third-order valence-electron chi connectivity index (χ3n) is 4.16. The van der Waals surface area contributed by atoms with Crippen LogP contribution in [-0.4, -0.2) is 19.9 Å². The van der Waals surface area contributed by atoms with Crippen molar-refractivity contribution < 1.29 is 0 Å². The Labute approximate surface area is 128 Å². The minimum absolute atomic E-state index is 0.183. The van der Waals surface area contributed by atoms with Crippen LogP contribution in [0.2, 0.25) is 0 Å². The fraction of sp³-hybridized carbons (Fsp3) is 0.111. The Morgan fingerprint density at radius 3 is 0.909 bits per heavy atom. The first-order valence-corrected chi connectivity index (χ1v) is 7.46. The van der Waals surface area contributed by atoms with Gasteiger partial charge in [-0.05, 0) is 48.5 Å². The Morgan fingerprint density at radius 2 is 0.727 bits per heavy atom. The Morgan fingerprint density at radius 1 is 0.455 bits per heavy atom. The van der Waals surface area contributed by atoms with Crippen molar-refractivity contribution in [1.82, 2.24) is 19.9 Å². The lowest BCUT2D eigenvalue weighted by molar-refractivity contribution is 0.638. The van der Waals surface area contributed by atoms with E-state index in [1.54, 1.807) is 0 Å². The lowest BCUT2D eigenvalue weighted by Crippen LogP contribution is -2.16. The van der Waals surface area contributed by atoms with Gasteiger partial charge in [-0.2, -0.15) is 0 Å². The number of nitrogens with one attached hydrogen (secondary N) is 4. The molecule has 0 amide bonds. The molecule has 0 aliphatic rings. The van der Waals surface area contributed by atoms with Gasteiger partial charge in [-0.1, -0.05) is 0 Å². The molecule has 4 aromatic heterocycles. The van der Waals surface area contributed by atoms with Crippen molar-refractivity contribution in [2.24, 2.45) is 0 Å². The number of aromatic amines is 4. The maximum absolute atomic E-state index is 3.38. The van der Waals surface area contributed by atoms with Crippen molar-refractivity contribution >= 4 is 0 Å². The topological polar surface area (TPSA) is 63.2 Å². The number of hydrogen-bond donors (Lipinski definition) is 4. The molecule has 0 unspecified atom stereocenters. The molecule has 22 heavy (non-hydrogen) atoms. The van der Waals surface area contributed by atoms with E-state index in [0.717, 1.165) is 0 Å². The van der Waals surface area contributed by atoms with Gasteiger partial charge < -0.3 is 19.9 Å². The second-order valence-electron chi connectivity index (χ2n) is 5.46. The van der Waals surface area contributed by atoms with Gasteiger partial charge in [0.1, 0.15) is 0 Å². The van der Waals surface area contributed by atoms with Crippen LogP contribution in [0.1, 0.15) is 34.6 Å². The van der Waals surface area contributed by atoms with Crippen LogP contribution in [0.4, 0.5) is 0 Å². The molecule has 0 saturated carbocycles. The quantitative estimate of drug-likeness (QED) is 0.430. The summed E-state index contributed by atoms with van der Waals surface area (Å²) in [5.41, 5.74) is 4.77. The summed E-state index contributed by atoms with van der Waals surface area (Å²) in [6, 6.07) is 16.8. The van der Waals surface area contributed by atoms with Gasteiger partial charge in [-0.25, -0.2) is 0 Å². The van der Waals surface area contributed by atoms with Gasteiger partial charge in [0.05, 0.1) is 11.8 Å². The summed E-state index contributed by atoms with van der Waals surface area (Å²) in [6.07, 6.45) is 7.91. The summed E-state index contributed by atoms with van der Waals surface area (Å²) in [7, 11) is 0. The molecular weight excluding hydrogens is 272 g/mol. The molecule has 0 radical (unpaired) electrons. The van der Waals surface area contributed by atoms with Gasteiger partial charge in [0.25, 0.3) is 0 Å². The molecule has 0 spiro atoms. The molecule has 4 N–H and O–H groups in total. The van der Waals surface area contributed by atoms with Gasteiger partial charge >= 0.3 is 0 Å². The third kappa shape index (κ3) is 2.19. The molecule has 0 atom stereocenters. The van der Waals surface area contributed by atoms with Gasteiger partial charge in [-0.15, -0.1) is 0 Å². The van der Waals surface area contributed by atoms with Crippen molar-refractivity contribution in [3.63, 3.8) is 0 Å². The van der Waals surface area contributed by atoms with Crippen molar-refractivity contribution in [3.8, 4) is 0 Å². The van der Waals surface area contributed by atoms with Crippen LogP contribution in [0.15, 0.2) is 73.3 Å². The van der Waals surface area contributed by atoms with Crippen LogP contribution in [-0.2, 0) is 0 Å². The third-order valence-corrected chi connectivity index (χ3v) is 4.16. The van der Waals surface area contributed by atoms with E-state index >= 15 is 0 Å². The van der Waals surface area contributed by atoms with E-state index in [-0.39, 0.29) is 11.8 Å². The Kier molecular flexibility index (Phi) is 3.20. The molecule has 0 bridgehead atoms. The van der Waals surface area contributed by atoms with Crippen molar-refractivity contribution in [2.75, 3.05) is 0 Å². The molecule has 0 aromatic carbocycles. The summed E-state index contributed by atoms with van der Waals surface area (Å²) >= 11 is 0. The first-order valence-electron chi connectivity index (χ1n) is 7.46. The van der Waals surface area contributed by atoms with Crippen LogP contribution < -0.4 is 0 Å². The fourth-order valence-corrected chi connectivity index (χ4v) is 3.20. The van der Waals surface area contributed by atoms with Gasteiger partial charge in [0, 0.05) is 47.6 Å². The molecule has 4 rings (SSSR count). The lowest BCUT2D eigenvalue weighted by Gasteiger charge is -2.25. The van der Waals surface area contributed by atoms with E-state index in [1.165, 1.54) is 22.8 Å². The fourth-order valence-electron chi connectivity index (χ4n) is 3.20. The lowest BCUT2D eigenvalue weighted by atomic mass is 9.82. The number of H-pyrrole nitrogens is 4. The average molecular weight is 290 g/mol. The number of aromatic nitrogens is 4. The highest BCUT2D eigenvalue weighted by molar-refractivity contribution is 5.36. The summed E-state index contributed by atoms with van der Waals surface area (Å²) < 4.78 is 0. The smallest absolute Gasteiger partial charge is 0.0529 e. The highest BCUT2D eigenvalue weighted by Crippen LogP contribution is 2.40.